The number of nitro benzene ring substituents is 2. The lowest BCUT2D eigenvalue weighted by atomic mass is 9.57. The predicted molar refractivity (Wildman–Crippen MR) is 157 cm³/mol. The zero-order chi connectivity index (χ0) is 31.7. The summed E-state index contributed by atoms with van der Waals surface area (Å²) >= 11 is 0. The van der Waals surface area contributed by atoms with Crippen molar-refractivity contribution in [3.05, 3.63) is 110 Å². The molecule has 3 fully saturated rings. The molecule has 2 saturated heterocycles. The third kappa shape index (κ3) is 4.22. The Morgan fingerprint density at radius 2 is 1.20 bits per heavy atom. The van der Waals surface area contributed by atoms with Gasteiger partial charge < -0.3 is 5.11 Å². The number of hydrogen-bond donors (Lipinski definition) is 1. The first-order valence-corrected chi connectivity index (χ1v) is 14.3. The molecule has 0 radical (unpaired) electrons. The van der Waals surface area contributed by atoms with Gasteiger partial charge in [0.1, 0.15) is 5.75 Å². The van der Waals surface area contributed by atoms with Gasteiger partial charge in [0.15, 0.2) is 0 Å². The summed E-state index contributed by atoms with van der Waals surface area (Å²) in [5, 5.41) is 32.8. The molecule has 3 aromatic carbocycles. The molecule has 6 unspecified atom stereocenters. The van der Waals surface area contributed by atoms with Crippen molar-refractivity contribution in [1.29, 1.82) is 0 Å². The van der Waals surface area contributed by atoms with Crippen LogP contribution in [0.4, 0.5) is 22.7 Å². The molecule has 4 aliphatic rings. The van der Waals surface area contributed by atoms with Crippen molar-refractivity contribution in [2.24, 2.45) is 29.6 Å². The van der Waals surface area contributed by atoms with Crippen LogP contribution in [0.5, 0.6) is 5.75 Å². The van der Waals surface area contributed by atoms with E-state index in [0.29, 0.717) is 5.56 Å². The molecule has 3 aromatic rings. The first kappa shape index (κ1) is 28.1. The van der Waals surface area contributed by atoms with E-state index in [4.69, 9.17) is 0 Å². The molecule has 0 spiro atoms. The van der Waals surface area contributed by atoms with Gasteiger partial charge in [0.05, 0.1) is 44.9 Å². The Kier molecular flexibility index (Phi) is 6.35. The lowest BCUT2D eigenvalue weighted by Crippen LogP contribution is -2.43. The summed E-state index contributed by atoms with van der Waals surface area (Å²) in [6, 6.07) is 16.8. The number of imide groups is 2. The lowest BCUT2D eigenvalue weighted by Gasteiger charge is -2.44. The molecule has 226 valence electrons. The van der Waals surface area contributed by atoms with Crippen LogP contribution in [-0.2, 0) is 19.2 Å². The molecule has 0 bridgehead atoms. The Hall–Kier alpha value is -5.72. The minimum atomic E-state index is -0.897. The lowest BCUT2D eigenvalue weighted by molar-refractivity contribution is -0.385. The SMILES string of the molecule is O=C1C2CC=C3C(CC4C(=O)N(c5cccc([N+](=O)[O-])c5)C(=O)C4C3c3ccc(O)cc3)C2C(=O)N1c1cccc([N+](=O)[O-])c1. The molecule has 2 aliphatic carbocycles. The summed E-state index contributed by atoms with van der Waals surface area (Å²) in [5.74, 6) is -6.80. The number of rotatable bonds is 5. The molecule has 2 heterocycles. The maximum Gasteiger partial charge on any atom is 0.271 e. The maximum atomic E-state index is 14.1. The number of phenols is 1. The fourth-order valence-electron chi connectivity index (χ4n) is 7.65. The van der Waals surface area contributed by atoms with Crippen LogP contribution in [0.1, 0.15) is 24.3 Å². The molecule has 0 aromatic heterocycles. The number of amides is 4. The third-order valence-corrected chi connectivity index (χ3v) is 9.50. The highest BCUT2D eigenvalue weighted by atomic mass is 16.6. The van der Waals surface area contributed by atoms with Crippen molar-refractivity contribution < 1.29 is 34.1 Å². The summed E-state index contributed by atoms with van der Waals surface area (Å²) in [4.78, 5) is 79.4. The number of allylic oxidation sites excluding steroid dienone is 2. The van der Waals surface area contributed by atoms with Crippen molar-refractivity contribution in [2.75, 3.05) is 9.80 Å². The van der Waals surface area contributed by atoms with E-state index in [1.54, 1.807) is 12.1 Å². The fraction of sp³-hybridized carbons (Fsp3) is 0.250. The first-order chi connectivity index (χ1) is 21.6. The number of hydrogen-bond acceptors (Lipinski definition) is 9. The van der Waals surface area contributed by atoms with Gasteiger partial charge in [-0.05, 0) is 48.6 Å². The van der Waals surface area contributed by atoms with E-state index in [9.17, 15) is 44.5 Å². The summed E-state index contributed by atoms with van der Waals surface area (Å²) in [6.07, 6.45) is 2.13. The van der Waals surface area contributed by atoms with Crippen LogP contribution in [0.3, 0.4) is 0 Å². The van der Waals surface area contributed by atoms with E-state index >= 15 is 0 Å². The Bertz CT molecular complexity index is 1870. The zero-order valence-electron chi connectivity index (χ0n) is 23.4. The van der Waals surface area contributed by atoms with Crippen LogP contribution < -0.4 is 9.80 Å². The molecule has 2 aliphatic heterocycles. The number of phenolic OH excluding ortho intramolecular Hbond substituents is 1. The number of nitro groups is 2. The normalized spacial score (nSPS) is 27.2. The number of non-ortho nitro benzene ring substituents is 2. The molecule has 45 heavy (non-hydrogen) atoms. The van der Waals surface area contributed by atoms with Crippen LogP contribution in [0.15, 0.2) is 84.4 Å². The molecule has 13 nitrogen and oxygen atoms in total. The molecule has 1 saturated carbocycles. The van der Waals surface area contributed by atoms with Crippen molar-refractivity contribution in [3.63, 3.8) is 0 Å². The number of nitrogens with zero attached hydrogens (tertiary/aromatic N) is 4. The van der Waals surface area contributed by atoms with Crippen molar-refractivity contribution in [1.82, 2.24) is 0 Å². The standard InChI is InChI=1S/C32H24N4O9/c37-21-9-7-16(8-10-21)26-22-11-12-23-27(31(40)33(29(23)38)17-3-1-5-19(13-17)35(42)43)24(22)15-25-28(26)32(41)34(30(25)39)18-4-2-6-20(14-18)36(44)45/h1-11,13-14,23-28,37H,12,15H2. The van der Waals surface area contributed by atoms with E-state index in [-0.39, 0.29) is 41.3 Å². The van der Waals surface area contributed by atoms with E-state index in [1.165, 1.54) is 60.7 Å². The van der Waals surface area contributed by atoms with Gasteiger partial charge in [-0.2, -0.15) is 0 Å². The number of aromatic hydroxyl groups is 1. The van der Waals surface area contributed by atoms with Gasteiger partial charge in [-0.25, -0.2) is 9.80 Å². The minimum Gasteiger partial charge on any atom is -0.508 e. The number of fused-ring (bicyclic) bond motifs is 4. The van der Waals surface area contributed by atoms with E-state index < -0.39 is 69.0 Å². The van der Waals surface area contributed by atoms with Gasteiger partial charge in [0.25, 0.3) is 11.4 Å². The second-order valence-electron chi connectivity index (χ2n) is 11.7. The Morgan fingerprint density at radius 1 is 0.667 bits per heavy atom. The van der Waals surface area contributed by atoms with Crippen LogP contribution in [-0.4, -0.2) is 38.6 Å². The second kappa shape index (κ2) is 10.2. The van der Waals surface area contributed by atoms with Gasteiger partial charge in [-0.1, -0.05) is 35.9 Å². The Labute approximate surface area is 254 Å². The summed E-state index contributed by atoms with van der Waals surface area (Å²) in [5.41, 5.74) is 0.957. The van der Waals surface area contributed by atoms with Crippen molar-refractivity contribution >= 4 is 46.4 Å². The maximum absolute atomic E-state index is 14.1. The fourth-order valence-corrected chi connectivity index (χ4v) is 7.65. The largest absolute Gasteiger partial charge is 0.508 e. The average Bonchev–Trinajstić information content (AvgIpc) is 3.44. The Balaban J connectivity index is 1.31. The van der Waals surface area contributed by atoms with Gasteiger partial charge in [0.2, 0.25) is 23.6 Å². The second-order valence-corrected chi connectivity index (χ2v) is 11.7. The highest BCUT2D eigenvalue weighted by Crippen LogP contribution is 2.58. The van der Waals surface area contributed by atoms with Crippen LogP contribution in [0.25, 0.3) is 0 Å². The number of carbonyl (C=O) groups is 4. The van der Waals surface area contributed by atoms with Gasteiger partial charge in [0, 0.05) is 30.2 Å². The number of carbonyl (C=O) groups excluding carboxylic acids is 4. The molecule has 4 amide bonds. The highest BCUT2D eigenvalue weighted by Gasteiger charge is 2.62. The first-order valence-electron chi connectivity index (χ1n) is 14.3. The molecule has 7 rings (SSSR count). The molecule has 6 atom stereocenters. The van der Waals surface area contributed by atoms with Crippen molar-refractivity contribution in [3.8, 4) is 5.75 Å². The molecule has 13 heteroatoms. The van der Waals surface area contributed by atoms with E-state index in [0.717, 1.165) is 15.4 Å². The summed E-state index contributed by atoms with van der Waals surface area (Å²) in [6.45, 7) is 0. The average molecular weight is 609 g/mol. The van der Waals surface area contributed by atoms with Gasteiger partial charge >= 0.3 is 0 Å². The molecular weight excluding hydrogens is 584 g/mol. The third-order valence-electron chi connectivity index (χ3n) is 9.50. The topological polar surface area (TPSA) is 181 Å². The van der Waals surface area contributed by atoms with Crippen molar-refractivity contribution in [2.45, 2.75) is 18.8 Å². The summed E-state index contributed by atoms with van der Waals surface area (Å²) in [7, 11) is 0. The monoisotopic (exact) mass is 608 g/mol. The van der Waals surface area contributed by atoms with Crippen LogP contribution in [0, 0.1) is 49.8 Å². The predicted octanol–water partition coefficient (Wildman–Crippen LogP) is 4.25. The highest BCUT2D eigenvalue weighted by molar-refractivity contribution is 6.24. The van der Waals surface area contributed by atoms with Gasteiger partial charge in [-0.15, -0.1) is 0 Å². The smallest absolute Gasteiger partial charge is 0.271 e. The minimum absolute atomic E-state index is 0.00319. The number of anilines is 2. The zero-order valence-corrected chi connectivity index (χ0v) is 23.4. The van der Waals surface area contributed by atoms with E-state index in [1.807, 2.05) is 6.08 Å². The molecule has 1 N–H and O–H groups in total. The van der Waals surface area contributed by atoms with Crippen LogP contribution in [0.2, 0.25) is 0 Å². The Morgan fingerprint density at radius 3 is 1.76 bits per heavy atom. The van der Waals surface area contributed by atoms with E-state index in [2.05, 4.69) is 0 Å². The summed E-state index contributed by atoms with van der Waals surface area (Å²) < 4.78 is 0. The molecular formula is C32H24N4O9. The quantitative estimate of drug-likeness (QED) is 0.192. The number of benzene rings is 3. The van der Waals surface area contributed by atoms with Crippen LogP contribution >= 0.6 is 0 Å². The van der Waals surface area contributed by atoms with Gasteiger partial charge in [-0.3, -0.25) is 39.4 Å².